The van der Waals surface area contributed by atoms with Gasteiger partial charge in [-0.15, -0.1) is 11.3 Å². The first-order valence-corrected chi connectivity index (χ1v) is 10.9. The van der Waals surface area contributed by atoms with E-state index in [4.69, 9.17) is 17.3 Å². The van der Waals surface area contributed by atoms with Crippen LogP contribution >= 0.6 is 22.9 Å². The molecular weight excluding hydrogens is 535 g/mol. The molecular formula is C22H28ClIN2O3S. The Hall–Kier alpha value is -1.00. The van der Waals surface area contributed by atoms with E-state index in [1.807, 2.05) is 26.0 Å². The molecule has 3 N–H and O–H groups in total. The molecule has 2 heterocycles. The Morgan fingerprint density at radius 2 is 1.87 bits per heavy atom. The van der Waals surface area contributed by atoms with E-state index in [2.05, 4.69) is 7.05 Å². The SMILES string of the molecule is CC(C)(O)C[N+]1(C)CCc2c(sc(CC(=O)Cc3ccc(Cl)cc3)c2C(N)=O)C1.[I-]. The standard InChI is InChI=1S/C22H27ClN2O3S.HI/c1-22(2,28)13-25(3)9-8-17-19(12-25)29-18(20(17)21(24)27)11-16(26)10-14-4-6-15(23)7-5-14;/h4-7,28H,8-13H2,1-3H3,(H-,24,27);1H. The van der Waals surface area contributed by atoms with E-state index in [0.717, 1.165) is 40.4 Å². The van der Waals surface area contributed by atoms with Crippen molar-refractivity contribution >= 4 is 34.6 Å². The maximum absolute atomic E-state index is 12.7. The monoisotopic (exact) mass is 562 g/mol. The van der Waals surface area contributed by atoms with Gasteiger partial charge in [-0.1, -0.05) is 23.7 Å². The van der Waals surface area contributed by atoms with E-state index >= 15 is 0 Å². The number of hydrogen-bond acceptors (Lipinski definition) is 4. The summed E-state index contributed by atoms with van der Waals surface area (Å²) >= 11 is 7.42. The number of fused-ring (bicyclic) bond motifs is 1. The number of ketones is 1. The van der Waals surface area contributed by atoms with Crippen LogP contribution in [0.4, 0.5) is 0 Å². The Morgan fingerprint density at radius 3 is 2.43 bits per heavy atom. The molecule has 164 valence electrons. The number of primary amides is 1. The molecule has 3 rings (SSSR count). The van der Waals surface area contributed by atoms with Gasteiger partial charge < -0.3 is 39.3 Å². The third kappa shape index (κ3) is 6.26. The number of aliphatic hydroxyl groups is 1. The summed E-state index contributed by atoms with van der Waals surface area (Å²) in [6.07, 6.45) is 1.22. The van der Waals surface area contributed by atoms with Crippen molar-refractivity contribution in [3.63, 3.8) is 0 Å². The highest BCUT2D eigenvalue weighted by molar-refractivity contribution is 7.12. The van der Waals surface area contributed by atoms with E-state index in [9.17, 15) is 14.7 Å². The second-order valence-corrected chi connectivity index (χ2v) is 10.5. The third-order valence-corrected chi connectivity index (χ3v) is 6.75. The topological polar surface area (TPSA) is 80.4 Å². The molecule has 2 aromatic rings. The van der Waals surface area contributed by atoms with Crippen molar-refractivity contribution in [2.75, 3.05) is 20.1 Å². The van der Waals surface area contributed by atoms with Crippen molar-refractivity contribution in [2.45, 2.75) is 45.3 Å². The summed E-state index contributed by atoms with van der Waals surface area (Å²) in [4.78, 5) is 26.7. The maximum Gasteiger partial charge on any atom is 0.250 e. The Morgan fingerprint density at radius 1 is 1.23 bits per heavy atom. The highest BCUT2D eigenvalue weighted by Gasteiger charge is 2.37. The number of nitrogens with two attached hydrogens (primary N) is 1. The normalized spacial score (nSPS) is 18.4. The number of carbonyl (C=O) groups excluding carboxylic acids is 2. The molecule has 0 saturated carbocycles. The first-order chi connectivity index (χ1) is 13.5. The largest absolute Gasteiger partial charge is 1.00 e. The first-order valence-electron chi connectivity index (χ1n) is 9.71. The van der Waals surface area contributed by atoms with Gasteiger partial charge in [-0.05, 0) is 37.1 Å². The summed E-state index contributed by atoms with van der Waals surface area (Å²) in [5.41, 5.74) is 7.34. The molecule has 0 saturated heterocycles. The molecule has 0 aliphatic carbocycles. The Balaban J connectivity index is 0.00000320. The molecule has 0 fully saturated rings. The van der Waals surface area contributed by atoms with Crippen LogP contribution in [0.25, 0.3) is 0 Å². The van der Waals surface area contributed by atoms with Gasteiger partial charge in [-0.2, -0.15) is 0 Å². The summed E-state index contributed by atoms with van der Waals surface area (Å²) in [7, 11) is 2.12. The zero-order valence-electron chi connectivity index (χ0n) is 17.5. The summed E-state index contributed by atoms with van der Waals surface area (Å²) in [5, 5.41) is 10.9. The van der Waals surface area contributed by atoms with Crippen molar-refractivity contribution in [1.29, 1.82) is 0 Å². The summed E-state index contributed by atoms with van der Waals surface area (Å²) < 4.78 is 0.702. The van der Waals surface area contributed by atoms with Crippen LogP contribution in [0.2, 0.25) is 5.02 Å². The van der Waals surface area contributed by atoms with Gasteiger partial charge in [-0.3, -0.25) is 9.59 Å². The number of halogens is 2. The zero-order valence-corrected chi connectivity index (χ0v) is 21.2. The van der Waals surface area contributed by atoms with Gasteiger partial charge in [0.05, 0.1) is 24.0 Å². The smallest absolute Gasteiger partial charge is 0.250 e. The minimum Gasteiger partial charge on any atom is -1.00 e. The van der Waals surface area contributed by atoms with E-state index in [1.54, 1.807) is 12.1 Å². The molecule has 0 spiro atoms. The van der Waals surface area contributed by atoms with Crippen molar-refractivity contribution < 1.29 is 43.2 Å². The molecule has 30 heavy (non-hydrogen) atoms. The average molecular weight is 563 g/mol. The van der Waals surface area contributed by atoms with E-state index in [1.165, 1.54) is 11.3 Å². The minimum atomic E-state index is -0.770. The van der Waals surface area contributed by atoms with Crippen molar-refractivity contribution in [3.8, 4) is 0 Å². The number of carbonyl (C=O) groups is 2. The van der Waals surface area contributed by atoms with Crippen molar-refractivity contribution in [1.82, 2.24) is 0 Å². The molecule has 1 aromatic carbocycles. The fourth-order valence-corrected chi connectivity index (χ4v) is 6.01. The van der Waals surface area contributed by atoms with Crippen LogP contribution in [-0.2, 0) is 30.6 Å². The van der Waals surface area contributed by atoms with Gasteiger partial charge in [0.2, 0.25) is 5.91 Å². The van der Waals surface area contributed by atoms with E-state index < -0.39 is 11.5 Å². The minimum absolute atomic E-state index is 0. The highest BCUT2D eigenvalue weighted by atomic mass is 127. The zero-order chi connectivity index (χ0) is 21.4. The Kier molecular flexibility index (Phi) is 8.12. The summed E-state index contributed by atoms with van der Waals surface area (Å²) in [6.45, 7) is 5.81. The lowest BCUT2D eigenvalue weighted by atomic mass is 9.96. The molecule has 0 radical (unpaired) electrons. The second kappa shape index (κ2) is 9.65. The number of nitrogens with zero attached hydrogens (tertiary/aromatic N) is 1. The molecule has 1 unspecified atom stereocenters. The number of thiophene rings is 1. The molecule has 5 nitrogen and oxygen atoms in total. The highest BCUT2D eigenvalue weighted by Crippen LogP contribution is 2.36. The van der Waals surface area contributed by atoms with Gasteiger partial charge in [0.1, 0.15) is 24.5 Å². The van der Waals surface area contributed by atoms with Crippen LogP contribution in [0.5, 0.6) is 0 Å². The predicted octanol–water partition coefficient (Wildman–Crippen LogP) is 0.132. The van der Waals surface area contributed by atoms with E-state index in [-0.39, 0.29) is 36.2 Å². The number of likely N-dealkylation sites (N-methyl/N-ethyl adjacent to an activating group) is 1. The molecule has 1 amide bonds. The molecule has 8 heteroatoms. The van der Waals surface area contributed by atoms with Crippen LogP contribution in [0.15, 0.2) is 24.3 Å². The summed E-state index contributed by atoms with van der Waals surface area (Å²) in [5.74, 6) is -0.419. The van der Waals surface area contributed by atoms with Crippen LogP contribution in [0.1, 0.15) is 45.1 Å². The molecule has 1 atom stereocenters. The number of hydrogen-bond donors (Lipinski definition) is 2. The van der Waals surface area contributed by atoms with Crippen LogP contribution in [-0.4, -0.2) is 47.0 Å². The van der Waals surface area contributed by atoms with Gasteiger partial charge in [-0.25, -0.2) is 0 Å². The molecule has 1 aliphatic heterocycles. The number of amides is 1. The van der Waals surface area contributed by atoms with Crippen molar-refractivity contribution in [2.24, 2.45) is 5.73 Å². The lowest BCUT2D eigenvalue weighted by molar-refractivity contribution is -0.929. The first kappa shape index (κ1) is 25.3. The van der Waals surface area contributed by atoms with Gasteiger partial charge in [0, 0.05) is 29.2 Å². The van der Waals surface area contributed by atoms with Gasteiger partial charge in [0.15, 0.2) is 0 Å². The lowest BCUT2D eigenvalue weighted by Gasteiger charge is -2.41. The average Bonchev–Trinajstić information content (AvgIpc) is 2.91. The second-order valence-electron chi connectivity index (χ2n) is 8.91. The summed E-state index contributed by atoms with van der Waals surface area (Å²) in [6, 6.07) is 7.22. The Bertz CT molecular complexity index is 937. The molecule has 1 aromatic heterocycles. The van der Waals surface area contributed by atoms with Crippen LogP contribution in [0.3, 0.4) is 0 Å². The number of quaternary nitrogens is 1. The Labute approximate surface area is 203 Å². The number of Topliss-reactive ketones (excluding diaryl/α,β-unsaturated/α-hetero) is 1. The molecule has 1 aliphatic rings. The van der Waals surface area contributed by atoms with Gasteiger partial charge >= 0.3 is 0 Å². The van der Waals surface area contributed by atoms with Crippen molar-refractivity contribution in [3.05, 3.63) is 55.7 Å². The molecule has 0 bridgehead atoms. The quantitative estimate of drug-likeness (QED) is 0.372. The lowest BCUT2D eigenvalue weighted by Crippen LogP contribution is -3.00. The maximum atomic E-state index is 12.7. The van der Waals surface area contributed by atoms with Crippen LogP contribution < -0.4 is 29.7 Å². The van der Waals surface area contributed by atoms with Crippen LogP contribution in [0, 0.1) is 0 Å². The fourth-order valence-electron chi connectivity index (χ4n) is 4.32. The van der Waals surface area contributed by atoms with E-state index in [0.29, 0.717) is 28.0 Å². The number of rotatable bonds is 7. The third-order valence-electron chi connectivity index (χ3n) is 5.28. The number of benzene rings is 1. The fraction of sp³-hybridized carbons (Fsp3) is 0.455. The van der Waals surface area contributed by atoms with Gasteiger partial charge in [0.25, 0.3) is 0 Å². The predicted molar refractivity (Wildman–Crippen MR) is 116 cm³/mol.